The molecule has 2 aromatic heterocycles. The summed E-state index contributed by atoms with van der Waals surface area (Å²) in [6.45, 7) is 7.88. The smallest absolute Gasteiger partial charge is 0.166 e. The molecule has 2 aromatic carbocycles. The predicted molar refractivity (Wildman–Crippen MR) is 132 cm³/mol. The second-order valence-electron chi connectivity index (χ2n) is 7.84. The fourth-order valence-corrected chi connectivity index (χ4v) is 4.62. The molecule has 32 heavy (non-hydrogen) atoms. The van der Waals surface area contributed by atoms with E-state index in [1.165, 1.54) is 5.56 Å². The number of rotatable bonds is 11. The summed E-state index contributed by atoms with van der Waals surface area (Å²) < 4.78 is 6.18. The normalized spacial score (nSPS) is 11.3. The lowest BCUT2D eigenvalue weighted by atomic mass is 10.2. The minimum Gasteiger partial charge on any atom is -0.492 e. The highest BCUT2D eigenvalue weighted by molar-refractivity contribution is 7.98. The van der Waals surface area contributed by atoms with Gasteiger partial charge in [0.05, 0.1) is 16.7 Å². The van der Waals surface area contributed by atoms with Gasteiger partial charge in [-0.15, -0.1) is 0 Å². The van der Waals surface area contributed by atoms with Gasteiger partial charge in [-0.2, -0.15) is 0 Å². The second-order valence-corrected chi connectivity index (χ2v) is 8.80. The van der Waals surface area contributed by atoms with E-state index in [2.05, 4.69) is 64.0 Å². The van der Waals surface area contributed by atoms with E-state index < -0.39 is 0 Å². The summed E-state index contributed by atoms with van der Waals surface area (Å²) in [7, 11) is 0. The Balaban J connectivity index is 1.33. The molecule has 2 heterocycles. The Morgan fingerprint density at radius 3 is 2.62 bits per heavy atom. The van der Waals surface area contributed by atoms with Crippen molar-refractivity contribution >= 4 is 22.8 Å². The summed E-state index contributed by atoms with van der Waals surface area (Å²) in [5, 5.41) is 0.912. The molecular formula is C26H30N4OS. The van der Waals surface area contributed by atoms with E-state index >= 15 is 0 Å². The van der Waals surface area contributed by atoms with Gasteiger partial charge in [0, 0.05) is 30.6 Å². The Kier molecular flexibility index (Phi) is 7.80. The quantitative estimate of drug-likeness (QED) is 0.293. The molecule has 0 spiro atoms. The summed E-state index contributed by atoms with van der Waals surface area (Å²) in [5.41, 5.74) is 5.52. The first-order valence-corrected chi connectivity index (χ1v) is 12.1. The molecule has 6 heteroatoms. The van der Waals surface area contributed by atoms with Crippen molar-refractivity contribution in [2.75, 3.05) is 19.7 Å². The van der Waals surface area contributed by atoms with Gasteiger partial charge in [-0.25, -0.2) is 4.98 Å². The third kappa shape index (κ3) is 5.90. The highest BCUT2D eigenvalue weighted by atomic mass is 32.2. The van der Waals surface area contributed by atoms with Crippen molar-refractivity contribution in [1.29, 1.82) is 0 Å². The molecule has 0 saturated heterocycles. The number of H-pyrrole nitrogens is 1. The number of aromatic nitrogens is 3. The van der Waals surface area contributed by atoms with Crippen molar-refractivity contribution in [2.45, 2.75) is 37.7 Å². The Hall–Kier alpha value is -2.83. The molecule has 0 aliphatic rings. The van der Waals surface area contributed by atoms with Gasteiger partial charge in [-0.3, -0.25) is 9.88 Å². The van der Waals surface area contributed by atoms with Gasteiger partial charge in [-0.05, 0) is 43.7 Å². The van der Waals surface area contributed by atoms with Gasteiger partial charge in [0.15, 0.2) is 5.16 Å². The Bertz CT molecular complexity index is 1100. The monoisotopic (exact) mass is 446 g/mol. The van der Waals surface area contributed by atoms with Crippen LogP contribution in [0.5, 0.6) is 5.75 Å². The van der Waals surface area contributed by atoms with Crippen LogP contribution in [0.4, 0.5) is 0 Å². The largest absolute Gasteiger partial charge is 0.492 e. The lowest BCUT2D eigenvalue weighted by molar-refractivity contribution is 0.202. The van der Waals surface area contributed by atoms with E-state index in [1.54, 1.807) is 11.8 Å². The zero-order chi connectivity index (χ0) is 22.2. The highest BCUT2D eigenvalue weighted by Gasteiger charge is 2.11. The summed E-state index contributed by atoms with van der Waals surface area (Å²) >= 11 is 1.67. The maximum Gasteiger partial charge on any atom is 0.166 e. The lowest BCUT2D eigenvalue weighted by Gasteiger charge is -2.22. The molecule has 4 rings (SSSR count). The summed E-state index contributed by atoms with van der Waals surface area (Å²) in [6.07, 6.45) is 2.97. The number of fused-ring (bicyclic) bond motifs is 1. The first kappa shape index (κ1) is 22.4. The zero-order valence-electron chi connectivity index (χ0n) is 18.8. The van der Waals surface area contributed by atoms with Crippen molar-refractivity contribution in [3.63, 3.8) is 0 Å². The van der Waals surface area contributed by atoms with Crippen LogP contribution in [0.1, 0.15) is 30.2 Å². The molecule has 0 unspecified atom stereocenters. The van der Waals surface area contributed by atoms with E-state index in [0.717, 1.165) is 65.0 Å². The number of para-hydroxylation sites is 2. The van der Waals surface area contributed by atoms with Crippen molar-refractivity contribution in [3.05, 3.63) is 83.7 Å². The minimum absolute atomic E-state index is 0.661. The molecule has 0 aliphatic carbocycles. The molecule has 0 atom stereocenters. The number of hydrogen-bond donors (Lipinski definition) is 1. The van der Waals surface area contributed by atoms with E-state index in [1.807, 2.05) is 36.5 Å². The van der Waals surface area contributed by atoms with Gasteiger partial charge < -0.3 is 9.72 Å². The number of nitrogens with one attached hydrogen (secondary N) is 1. The standard InChI is InChI=1S/C26H30N4OS/c1-3-15-30(18-21-9-5-4-6-10-21)16-17-31-25-13-14-27-24(20(25)2)19-32-26-28-22-11-7-8-12-23(22)29-26/h4-14H,3,15-19H2,1-2H3,(H,28,29). The Morgan fingerprint density at radius 1 is 1.00 bits per heavy atom. The number of benzene rings is 2. The number of nitrogens with zero attached hydrogens (tertiary/aromatic N) is 3. The first-order valence-electron chi connectivity index (χ1n) is 11.1. The average Bonchev–Trinajstić information content (AvgIpc) is 3.23. The van der Waals surface area contributed by atoms with E-state index in [0.29, 0.717) is 6.61 Å². The van der Waals surface area contributed by atoms with E-state index in [-0.39, 0.29) is 0 Å². The maximum absolute atomic E-state index is 6.18. The topological polar surface area (TPSA) is 54.0 Å². The second kappa shape index (κ2) is 11.2. The van der Waals surface area contributed by atoms with Crippen LogP contribution in [0.2, 0.25) is 0 Å². The van der Waals surface area contributed by atoms with Gasteiger partial charge in [0.2, 0.25) is 0 Å². The van der Waals surface area contributed by atoms with Crippen molar-refractivity contribution < 1.29 is 4.74 Å². The molecular weight excluding hydrogens is 416 g/mol. The molecule has 0 fully saturated rings. The molecule has 0 radical (unpaired) electrons. The third-order valence-electron chi connectivity index (χ3n) is 5.43. The van der Waals surface area contributed by atoms with E-state index in [4.69, 9.17) is 4.74 Å². The molecule has 0 saturated carbocycles. The van der Waals surface area contributed by atoms with Crippen LogP contribution < -0.4 is 4.74 Å². The van der Waals surface area contributed by atoms with Crippen LogP contribution in [0.3, 0.4) is 0 Å². The van der Waals surface area contributed by atoms with Crippen molar-refractivity contribution in [3.8, 4) is 5.75 Å². The summed E-state index contributed by atoms with van der Waals surface area (Å²) in [5.74, 6) is 1.66. The molecule has 0 aliphatic heterocycles. The van der Waals surface area contributed by atoms with Gasteiger partial charge in [-0.1, -0.05) is 61.2 Å². The number of aromatic amines is 1. The number of thioether (sulfide) groups is 1. The summed E-state index contributed by atoms with van der Waals surface area (Å²) in [6, 6.07) is 20.7. The average molecular weight is 447 g/mol. The predicted octanol–water partition coefficient (Wildman–Crippen LogP) is 5.85. The lowest BCUT2D eigenvalue weighted by Crippen LogP contribution is -2.29. The van der Waals surface area contributed by atoms with Crippen LogP contribution >= 0.6 is 11.8 Å². The van der Waals surface area contributed by atoms with Crippen molar-refractivity contribution in [1.82, 2.24) is 19.9 Å². The first-order chi connectivity index (χ1) is 15.7. The molecule has 4 aromatic rings. The van der Waals surface area contributed by atoms with Crippen molar-refractivity contribution in [2.24, 2.45) is 0 Å². The SMILES string of the molecule is CCCN(CCOc1ccnc(CSc2nc3ccccc3[nH]2)c1C)Cc1ccccc1. The maximum atomic E-state index is 6.18. The highest BCUT2D eigenvalue weighted by Crippen LogP contribution is 2.27. The Labute approximate surface area is 194 Å². The molecule has 1 N–H and O–H groups in total. The number of imidazole rings is 1. The number of hydrogen-bond acceptors (Lipinski definition) is 5. The Morgan fingerprint density at radius 2 is 1.81 bits per heavy atom. The van der Waals surface area contributed by atoms with Gasteiger partial charge in [0.25, 0.3) is 0 Å². The van der Waals surface area contributed by atoms with Gasteiger partial charge in [0.1, 0.15) is 12.4 Å². The van der Waals surface area contributed by atoms with Crippen LogP contribution in [0.25, 0.3) is 11.0 Å². The molecule has 5 nitrogen and oxygen atoms in total. The fourth-order valence-electron chi connectivity index (χ4n) is 3.71. The molecule has 166 valence electrons. The van der Waals surface area contributed by atoms with Crippen LogP contribution in [-0.4, -0.2) is 39.5 Å². The zero-order valence-corrected chi connectivity index (χ0v) is 19.6. The molecule has 0 bridgehead atoms. The summed E-state index contributed by atoms with van der Waals surface area (Å²) in [4.78, 5) is 15.0. The van der Waals surface area contributed by atoms with E-state index in [9.17, 15) is 0 Å². The third-order valence-corrected chi connectivity index (χ3v) is 6.31. The van der Waals surface area contributed by atoms with Crippen LogP contribution in [0.15, 0.2) is 72.0 Å². The number of pyridine rings is 1. The van der Waals surface area contributed by atoms with Crippen LogP contribution in [0, 0.1) is 6.92 Å². The minimum atomic E-state index is 0.661. The van der Waals surface area contributed by atoms with Gasteiger partial charge >= 0.3 is 0 Å². The number of ether oxygens (including phenoxy) is 1. The molecule has 0 amide bonds. The van der Waals surface area contributed by atoms with Crippen LogP contribution in [-0.2, 0) is 12.3 Å². The fraction of sp³-hybridized carbons (Fsp3) is 0.308.